The highest BCUT2D eigenvalue weighted by Gasteiger charge is 2.22. The minimum atomic E-state index is -0.293. The number of oxime groups is 1. The molecular formula is C11H21N5O2S. The molecule has 0 aliphatic carbocycles. The molecule has 1 aromatic heterocycles. The third-order valence-corrected chi connectivity index (χ3v) is 4.18. The summed E-state index contributed by atoms with van der Waals surface area (Å²) in [4.78, 5) is 11.1. The molecule has 0 amide bonds. The number of hydrogen-bond donors (Lipinski definition) is 3. The first-order chi connectivity index (χ1) is 8.88. The van der Waals surface area contributed by atoms with E-state index < -0.39 is 0 Å². The predicted molar refractivity (Wildman–Crippen MR) is 75.6 cm³/mol. The maximum absolute atomic E-state index is 11.1. The average Bonchev–Trinajstić information content (AvgIpc) is 2.69. The molecule has 4 N–H and O–H groups in total. The Morgan fingerprint density at radius 1 is 1.58 bits per heavy atom. The summed E-state index contributed by atoms with van der Waals surface area (Å²) < 4.78 is 1.49. The highest BCUT2D eigenvalue weighted by molar-refractivity contribution is 7.99. The Labute approximate surface area is 116 Å². The molecule has 0 aliphatic heterocycles. The topological polar surface area (TPSA) is 109 Å². The van der Waals surface area contributed by atoms with E-state index >= 15 is 0 Å². The van der Waals surface area contributed by atoms with E-state index in [0.29, 0.717) is 5.16 Å². The minimum absolute atomic E-state index is 0.199. The normalized spacial score (nSPS) is 12.9. The van der Waals surface area contributed by atoms with Crippen molar-refractivity contribution in [1.82, 2.24) is 14.8 Å². The Morgan fingerprint density at radius 3 is 2.79 bits per heavy atom. The van der Waals surface area contributed by atoms with Crippen LogP contribution in [0.3, 0.4) is 0 Å². The monoisotopic (exact) mass is 287 g/mol. The van der Waals surface area contributed by atoms with E-state index in [1.54, 1.807) is 18.8 Å². The van der Waals surface area contributed by atoms with Gasteiger partial charge in [-0.05, 0) is 12.8 Å². The van der Waals surface area contributed by atoms with Crippen molar-refractivity contribution >= 4 is 17.6 Å². The molecule has 0 unspecified atom stereocenters. The molecule has 8 heteroatoms. The Balaban J connectivity index is 2.29. The van der Waals surface area contributed by atoms with E-state index in [1.807, 2.05) is 13.8 Å². The van der Waals surface area contributed by atoms with Gasteiger partial charge in [0, 0.05) is 18.2 Å². The minimum Gasteiger partial charge on any atom is -0.409 e. The van der Waals surface area contributed by atoms with Crippen molar-refractivity contribution in [3.05, 3.63) is 10.5 Å². The highest BCUT2D eigenvalue weighted by Crippen LogP contribution is 2.24. The van der Waals surface area contributed by atoms with Gasteiger partial charge in [0.15, 0.2) is 5.16 Å². The SMILES string of the molecule is Cn1c(SCCCCC(C)(C)C(N)=NO)n[nH]c1=O. The Morgan fingerprint density at radius 2 is 2.26 bits per heavy atom. The van der Waals surface area contributed by atoms with E-state index in [0.717, 1.165) is 25.0 Å². The van der Waals surface area contributed by atoms with Crippen molar-refractivity contribution in [1.29, 1.82) is 0 Å². The highest BCUT2D eigenvalue weighted by atomic mass is 32.2. The van der Waals surface area contributed by atoms with Crippen LogP contribution in [0.1, 0.15) is 33.1 Å². The maximum atomic E-state index is 11.1. The van der Waals surface area contributed by atoms with Gasteiger partial charge in [0.25, 0.3) is 0 Å². The van der Waals surface area contributed by atoms with E-state index in [-0.39, 0.29) is 16.9 Å². The lowest BCUT2D eigenvalue weighted by atomic mass is 9.86. The molecule has 0 fully saturated rings. The second-order valence-electron chi connectivity index (χ2n) is 5.05. The summed E-state index contributed by atoms with van der Waals surface area (Å²) in [5.74, 6) is 1.14. The zero-order valence-electron chi connectivity index (χ0n) is 11.5. The van der Waals surface area contributed by atoms with Gasteiger partial charge in [-0.3, -0.25) is 4.57 Å². The lowest BCUT2D eigenvalue weighted by Gasteiger charge is -2.22. The second-order valence-corrected chi connectivity index (χ2v) is 6.11. The van der Waals surface area contributed by atoms with Gasteiger partial charge in [0.05, 0.1) is 0 Å². The van der Waals surface area contributed by atoms with Gasteiger partial charge < -0.3 is 10.9 Å². The summed E-state index contributed by atoms with van der Waals surface area (Å²) in [6.45, 7) is 3.90. The standard InChI is InChI=1S/C11H21N5O2S/c1-11(2,8(12)15-18)6-4-5-7-19-10-14-13-9(17)16(10)3/h18H,4-7H2,1-3H3,(H2,12,15)(H,13,17). The quantitative estimate of drug-likeness (QED) is 0.174. The molecule has 1 heterocycles. The zero-order chi connectivity index (χ0) is 14.5. The largest absolute Gasteiger partial charge is 0.409 e. The molecule has 0 atom stereocenters. The van der Waals surface area contributed by atoms with Crippen LogP contribution in [0, 0.1) is 5.41 Å². The summed E-state index contributed by atoms with van der Waals surface area (Å²) in [5.41, 5.74) is 5.13. The first kappa shape index (κ1) is 15.6. The maximum Gasteiger partial charge on any atom is 0.343 e. The summed E-state index contributed by atoms with van der Waals surface area (Å²) >= 11 is 1.54. The molecule has 0 spiro atoms. The molecule has 1 rings (SSSR count). The summed E-state index contributed by atoms with van der Waals surface area (Å²) in [5, 5.41) is 18.7. The number of thioether (sulfide) groups is 1. The molecule has 7 nitrogen and oxygen atoms in total. The number of aromatic amines is 1. The number of amidine groups is 1. The Kier molecular flexibility index (Phi) is 5.46. The van der Waals surface area contributed by atoms with Crippen molar-refractivity contribution in [3.63, 3.8) is 0 Å². The molecule has 1 aromatic rings. The fraction of sp³-hybridized carbons (Fsp3) is 0.727. The first-order valence-electron chi connectivity index (χ1n) is 6.10. The molecule has 108 valence electrons. The summed E-state index contributed by atoms with van der Waals surface area (Å²) in [6.07, 6.45) is 2.80. The molecule has 0 aromatic carbocycles. The number of hydrogen-bond acceptors (Lipinski definition) is 5. The number of nitrogens with zero attached hydrogens (tertiary/aromatic N) is 3. The molecule has 0 bridgehead atoms. The molecule has 0 saturated heterocycles. The molecule has 0 saturated carbocycles. The number of nitrogens with one attached hydrogen (secondary N) is 1. The van der Waals surface area contributed by atoms with Crippen molar-refractivity contribution in [2.45, 2.75) is 38.3 Å². The van der Waals surface area contributed by atoms with Crippen LogP contribution in [-0.2, 0) is 7.05 Å². The zero-order valence-corrected chi connectivity index (χ0v) is 12.3. The van der Waals surface area contributed by atoms with E-state index in [4.69, 9.17) is 10.9 Å². The average molecular weight is 287 g/mol. The lowest BCUT2D eigenvalue weighted by molar-refractivity contribution is 0.304. The Bertz CT molecular complexity index is 492. The third-order valence-electron chi connectivity index (χ3n) is 3.07. The molecule has 19 heavy (non-hydrogen) atoms. The molecule has 0 aliphatic rings. The van der Waals surface area contributed by atoms with Crippen LogP contribution < -0.4 is 11.4 Å². The van der Waals surface area contributed by atoms with Crippen molar-refractivity contribution in [3.8, 4) is 0 Å². The third kappa shape index (κ3) is 4.30. The van der Waals surface area contributed by atoms with Crippen LogP contribution in [-0.4, -0.2) is 31.6 Å². The smallest absolute Gasteiger partial charge is 0.343 e. The van der Waals surface area contributed by atoms with Gasteiger partial charge in [-0.2, -0.15) is 0 Å². The van der Waals surface area contributed by atoms with E-state index in [9.17, 15) is 4.79 Å². The molecular weight excluding hydrogens is 266 g/mol. The van der Waals surface area contributed by atoms with Crippen LogP contribution in [0.2, 0.25) is 0 Å². The van der Waals surface area contributed by atoms with Crippen LogP contribution >= 0.6 is 11.8 Å². The summed E-state index contributed by atoms with van der Waals surface area (Å²) in [7, 11) is 1.69. The second kappa shape index (κ2) is 6.65. The van der Waals surface area contributed by atoms with Crippen LogP contribution in [0.25, 0.3) is 0 Å². The fourth-order valence-corrected chi connectivity index (χ4v) is 2.48. The van der Waals surface area contributed by atoms with Gasteiger partial charge in [-0.15, -0.1) is 5.10 Å². The van der Waals surface area contributed by atoms with Crippen LogP contribution in [0.5, 0.6) is 0 Å². The van der Waals surface area contributed by atoms with Crippen molar-refractivity contribution in [2.75, 3.05) is 5.75 Å². The van der Waals surface area contributed by atoms with Crippen molar-refractivity contribution in [2.24, 2.45) is 23.4 Å². The van der Waals surface area contributed by atoms with Crippen LogP contribution in [0.15, 0.2) is 15.1 Å². The first-order valence-corrected chi connectivity index (χ1v) is 7.09. The number of unbranched alkanes of at least 4 members (excludes halogenated alkanes) is 1. The lowest BCUT2D eigenvalue weighted by Crippen LogP contribution is -2.31. The number of rotatable bonds is 7. The summed E-state index contributed by atoms with van der Waals surface area (Å²) in [6, 6.07) is 0. The Hall–Kier alpha value is -1.44. The number of H-pyrrole nitrogens is 1. The van der Waals surface area contributed by atoms with Gasteiger partial charge in [0.1, 0.15) is 5.84 Å². The van der Waals surface area contributed by atoms with Gasteiger partial charge >= 0.3 is 5.69 Å². The van der Waals surface area contributed by atoms with Gasteiger partial charge in [-0.25, -0.2) is 9.89 Å². The number of nitrogens with two attached hydrogens (primary N) is 1. The van der Waals surface area contributed by atoms with Crippen molar-refractivity contribution < 1.29 is 5.21 Å². The van der Waals surface area contributed by atoms with Gasteiger partial charge in [0.2, 0.25) is 0 Å². The van der Waals surface area contributed by atoms with E-state index in [2.05, 4.69) is 15.4 Å². The number of aromatic nitrogens is 3. The van der Waals surface area contributed by atoms with Gasteiger partial charge in [-0.1, -0.05) is 37.2 Å². The fourth-order valence-electron chi connectivity index (χ4n) is 1.56. The predicted octanol–water partition coefficient (Wildman–Crippen LogP) is 1.14. The molecule has 0 radical (unpaired) electrons. The van der Waals surface area contributed by atoms with E-state index in [1.165, 1.54) is 4.57 Å². The van der Waals surface area contributed by atoms with Crippen LogP contribution in [0.4, 0.5) is 0 Å².